The molecular weight excluding hydrogens is 419 g/mol. The largest absolute Gasteiger partial charge is 0.491 e. The Morgan fingerprint density at radius 3 is 2.50 bits per heavy atom. The molecule has 1 saturated heterocycles. The number of aryl methyl sites for hydroxylation is 1. The Hall–Kier alpha value is -2.48. The van der Waals surface area contributed by atoms with Crippen molar-refractivity contribution in [1.82, 2.24) is 14.8 Å². The summed E-state index contributed by atoms with van der Waals surface area (Å²) in [6.07, 6.45) is -3.19. The van der Waals surface area contributed by atoms with Crippen LogP contribution >= 0.6 is 0 Å². The molecule has 1 fully saturated rings. The summed E-state index contributed by atoms with van der Waals surface area (Å²) in [5, 5.41) is 3.54. The zero-order valence-electron chi connectivity index (χ0n) is 18.9. The molecule has 176 valence electrons. The van der Waals surface area contributed by atoms with Crippen molar-refractivity contribution in [1.29, 1.82) is 0 Å². The average Bonchev–Trinajstić information content (AvgIpc) is 3.14. The standard InChI is InChI=1S/C24H30F3N3O2.H2/c1-15(2)32-19-6-5-18(13-16(19)3)22(31)29-11-9-23(10-12-29)20-7-8-21(24(25,26)27)30(20)14-17(4)28-23;/h5-8,13,15,17,28H,9-12,14H2,1-4H3;1H/t17-;/m1./s1. The van der Waals surface area contributed by atoms with Crippen molar-refractivity contribution in [3.05, 3.63) is 52.8 Å². The highest BCUT2D eigenvalue weighted by atomic mass is 19.4. The van der Waals surface area contributed by atoms with Gasteiger partial charge in [0.15, 0.2) is 0 Å². The molecule has 1 aromatic heterocycles. The predicted molar refractivity (Wildman–Crippen MR) is 118 cm³/mol. The number of hydrogen-bond donors (Lipinski definition) is 1. The third-order valence-electron chi connectivity index (χ3n) is 6.43. The van der Waals surface area contributed by atoms with Gasteiger partial charge in [-0.15, -0.1) is 0 Å². The Morgan fingerprint density at radius 1 is 1.22 bits per heavy atom. The molecule has 4 rings (SSSR count). The summed E-state index contributed by atoms with van der Waals surface area (Å²) in [5.74, 6) is 0.699. The molecule has 1 N–H and O–H groups in total. The van der Waals surface area contributed by atoms with E-state index in [2.05, 4.69) is 5.32 Å². The molecule has 0 bridgehead atoms. The van der Waals surface area contributed by atoms with E-state index >= 15 is 0 Å². The molecule has 2 aliphatic rings. The maximum Gasteiger partial charge on any atom is 0.431 e. The number of piperidine rings is 1. The van der Waals surface area contributed by atoms with Crippen molar-refractivity contribution < 1.29 is 24.1 Å². The van der Waals surface area contributed by atoms with Crippen LogP contribution in [0, 0.1) is 6.92 Å². The van der Waals surface area contributed by atoms with Crippen LogP contribution in [0.1, 0.15) is 62.3 Å². The quantitative estimate of drug-likeness (QED) is 0.717. The van der Waals surface area contributed by atoms with Gasteiger partial charge in [-0.1, -0.05) is 0 Å². The molecule has 2 aliphatic heterocycles. The molecule has 2 aromatic rings. The fourth-order valence-electron chi connectivity index (χ4n) is 5.04. The summed E-state index contributed by atoms with van der Waals surface area (Å²) in [6.45, 7) is 8.98. The fourth-order valence-corrected chi connectivity index (χ4v) is 5.04. The number of nitrogens with zero attached hydrogens (tertiary/aromatic N) is 2. The van der Waals surface area contributed by atoms with E-state index in [1.807, 2.05) is 39.8 Å². The Balaban J connectivity index is 0.00000306. The molecule has 1 amide bonds. The zero-order valence-corrected chi connectivity index (χ0v) is 18.9. The number of rotatable bonds is 3. The van der Waals surface area contributed by atoms with Crippen LogP contribution in [0.5, 0.6) is 5.75 Å². The third-order valence-corrected chi connectivity index (χ3v) is 6.43. The summed E-state index contributed by atoms with van der Waals surface area (Å²) in [4.78, 5) is 14.9. The molecule has 3 heterocycles. The highest BCUT2D eigenvalue weighted by Gasteiger charge is 2.46. The number of amides is 1. The van der Waals surface area contributed by atoms with E-state index in [1.165, 1.54) is 10.6 Å². The number of likely N-dealkylation sites (tertiary alicyclic amines) is 1. The second-order valence-electron chi connectivity index (χ2n) is 9.28. The van der Waals surface area contributed by atoms with E-state index in [1.54, 1.807) is 17.0 Å². The highest BCUT2D eigenvalue weighted by molar-refractivity contribution is 5.94. The van der Waals surface area contributed by atoms with Crippen molar-refractivity contribution in [2.24, 2.45) is 0 Å². The lowest BCUT2D eigenvalue weighted by Crippen LogP contribution is -2.59. The van der Waals surface area contributed by atoms with Crippen LogP contribution in [0.25, 0.3) is 0 Å². The molecule has 5 nitrogen and oxygen atoms in total. The smallest absolute Gasteiger partial charge is 0.431 e. The maximum atomic E-state index is 13.5. The van der Waals surface area contributed by atoms with Crippen LogP contribution < -0.4 is 10.1 Å². The van der Waals surface area contributed by atoms with Gasteiger partial charge >= 0.3 is 6.18 Å². The molecule has 1 spiro atoms. The van der Waals surface area contributed by atoms with Gasteiger partial charge in [0.25, 0.3) is 5.91 Å². The van der Waals surface area contributed by atoms with Crippen molar-refractivity contribution >= 4 is 5.91 Å². The van der Waals surface area contributed by atoms with Gasteiger partial charge in [-0.3, -0.25) is 4.79 Å². The van der Waals surface area contributed by atoms with Gasteiger partial charge in [0, 0.05) is 38.4 Å². The normalized spacial score (nSPS) is 20.5. The molecule has 1 aromatic carbocycles. The van der Waals surface area contributed by atoms with Crippen LogP contribution in [-0.4, -0.2) is 40.6 Å². The van der Waals surface area contributed by atoms with Crippen molar-refractivity contribution in [3.8, 4) is 5.75 Å². The van der Waals surface area contributed by atoms with E-state index in [-0.39, 0.29) is 26.0 Å². The minimum Gasteiger partial charge on any atom is -0.491 e. The highest BCUT2D eigenvalue weighted by Crippen LogP contribution is 2.41. The number of benzene rings is 1. The SMILES string of the molecule is Cc1cc(C(=O)N2CCC3(CC2)N[C@H](C)Cn2c(C(F)(F)F)ccc23)ccc1OC(C)C.[HH]. The van der Waals surface area contributed by atoms with Gasteiger partial charge in [-0.2, -0.15) is 13.2 Å². The minimum absolute atomic E-state index is 0. The third kappa shape index (κ3) is 4.12. The van der Waals surface area contributed by atoms with E-state index < -0.39 is 17.4 Å². The predicted octanol–water partition coefficient (Wildman–Crippen LogP) is 4.97. The summed E-state index contributed by atoms with van der Waals surface area (Å²) < 4.78 is 47.6. The number of aromatic nitrogens is 1. The Bertz CT molecular complexity index is 1010. The number of alkyl halides is 3. The lowest BCUT2D eigenvalue weighted by molar-refractivity contribution is -0.144. The van der Waals surface area contributed by atoms with Crippen LogP contribution in [0.4, 0.5) is 13.2 Å². The van der Waals surface area contributed by atoms with E-state index in [0.29, 0.717) is 37.2 Å². The first-order valence-corrected chi connectivity index (χ1v) is 11.1. The molecular formula is C24H32F3N3O2. The van der Waals surface area contributed by atoms with Crippen LogP contribution in [0.3, 0.4) is 0 Å². The number of carbonyl (C=O) groups excluding carboxylic acids is 1. The van der Waals surface area contributed by atoms with E-state index in [0.717, 1.165) is 11.3 Å². The topological polar surface area (TPSA) is 46.5 Å². The van der Waals surface area contributed by atoms with Gasteiger partial charge in [-0.05, 0) is 76.4 Å². The summed E-state index contributed by atoms with van der Waals surface area (Å²) in [5.41, 5.74) is 1.02. The molecule has 0 unspecified atom stereocenters. The van der Waals surface area contributed by atoms with Gasteiger partial charge < -0.3 is 19.5 Å². The number of halogens is 3. The number of nitrogens with one attached hydrogen (secondary N) is 1. The number of fused-ring (bicyclic) bond motifs is 2. The van der Waals surface area contributed by atoms with Gasteiger partial charge in [0.1, 0.15) is 11.4 Å². The second kappa shape index (κ2) is 8.14. The number of ether oxygens (including phenoxy) is 1. The van der Waals surface area contributed by atoms with Crippen molar-refractivity contribution in [2.45, 2.75) is 70.9 Å². The molecule has 0 aliphatic carbocycles. The molecule has 0 saturated carbocycles. The number of carbonyl (C=O) groups is 1. The summed E-state index contributed by atoms with van der Waals surface area (Å²) >= 11 is 0. The first-order valence-electron chi connectivity index (χ1n) is 11.1. The van der Waals surface area contributed by atoms with Gasteiger partial charge in [0.2, 0.25) is 0 Å². The summed E-state index contributed by atoms with van der Waals surface area (Å²) in [7, 11) is 0. The van der Waals surface area contributed by atoms with Crippen LogP contribution in [0.15, 0.2) is 30.3 Å². The molecule has 0 radical (unpaired) electrons. The van der Waals surface area contributed by atoms with Crippen molar-refractivity contribution in [2.75, 3.05) is 13.1 Å². The van der Waals surface area contributed by atoms with Crippen molar-refractivity contribution in [3.63, 3.8) is 0 Å². The van der Waals surface area contributed by atoms with E-state index in [4.69, 9.17) is 4.74 Å². The monoisotopic (exact) mass is 451 g/mol. The number of hydrogen-bond acceptors (Lipinski definition) is 3. The second-order valence-corrected chi connectivity index (χ2v) is 9.28. The first-order chi connectivity index (χ1) is 15.0. The zero-order chi connectivity index (χ0) is 23.3. The Morgan fingerprint density at radius 2 is 1.91 bits per heavy atom. The first kappa shape index (κ1) is 22.7. The Kier molecular flexibility index (Phi) is 5.77. The van der Waals surface area contributed by atoms with Gasteiger partial charge in [0.05, 0.1) is 11.6 Å². The van der Waals surface area contributed by atoms with Crippen LogP contribution in [-0.2, 0) is 18.3 Å². The summed E-state index contributed by atoms with van der Waals surface area (Å²) in [6, 6.07) is 8.12. The maximum absolute atomic E-state index is 13.5. The average molecular weight is 452 g/mol. The fraction of sp³-hybridized carbons (Fsp3) is 0.542. The minimum atomic E-state index is -4.38. The van der Waals surface area contributed by atoms with Crippen LogP contribution in [0.2, 0.25) is 0 Å². The molecule has 32 heavy (non-hydrogen) atoms. The lowest BCUT2D eigenvalue weighted by Gasteiger charge is -2.47. The molecule has 8 heteroatoms. The Labute approximate surface area is 188 Å². The van der Waals surface area contributed by atoms with Gasteiger partial charge in [-0.25, -0.2) is 0 Å². The molecule has 1 atom stereocenters. The lowest BCUT2D eigenvalue weighted by atomic mass is 9.82. The van der Waals surface area contributed by atoms with E-state index in [9.17, 15) is 18.0 Å².